The van der Waals surface area contributed by atoms with Crippen LogP contribution in [-0.2, 0) is 17.6 Å². The van der Waals surface area contributed by atoms with Gasteiger partial charge in [-0.25, -0.2) is 13.5 Å². The van der Waals surface area contributed by atoms with Crippen molar-refractivity contribution >= 4 is 11.6 Å². The number of nitrogens with zero attached hydrogens (tertiary/aromatic N) is 2. The van der Waals surface area contributed by atoms with Gasteiger partial charge in [-0.2, -0.15) is 5.10 Å². The summed E-state index contributed by atoms with van der Waals surface area (Å²) in [6.07, 6.45) is 1.22. The van der Waals surface area contributed by atoms with Crippen LogP contribution in [0.15, 0.2) is 78.9 Å². The predicted molar refractivity (Wildman–Crippen MR) is 123 cm³/mol. The number of rotatable bonds is 8. The Balaban J connectivity index is 1.62. The van der Waals surface area contributed by atoms with Gasteiger partial charge in [-0.3, -0.25) is 4.79 Å². The molecule has 0 spiro atoms. The fourth-order valence-corrected chi connectivity index (χ4v) is 3.47. The molecule has 0 aliphatic carbocycles. The van der Waals surface area contributed by atoms with Crippen molar-refractivity contribution in [3.63, 3.8) is 0 Å². The van der Waals surface area contributed by atoms with Crippen LogP contribution in [0.25, 0.3) is 5.69 Å². The van der Waals surface area contributed by atoms with E-state index < -0.39 is 0 Å². The normalized spacial score (nSPS) is 10.8. The number of ether oxygens (including phenoxy) is 1. The van der Waals surface area contributed by atoms with Crippen LogP contribution in [0.5, 0.6) is 11.6 Å². The first kappa shape index (κ1) is 22.2. The second kappa shape index (κ2) is 10.1. The van der Waals surface area contributed by atoms with Gasteiger partial charge in [0, 0.05) is 17.7 Å². The van der Waals surface area contributed by atoms with Gasteiger partial charge in [-0.1, -0.05) is 25.1 Å². The molecule has 5 nitrogen and oxygen atoms in total. The Kier molecular flexibility index (Phi) is 6.78. The van der Waals surface area contributed by atoms with Crippen molar-refractivity contribution in [3.05, 3.63) is 102 Å². The molecule has 0 fully saturated rings. The Morgan fingerprint density at radius 1 is 0.939 bits per heavy atom. The zero-order valence-electron chi connectivity index (χ0n) is 18.1. The van der Waals surface area contributed by atoms with Crippen LogP contribution in [0.4, 0.5) is 14.5 Å². The summed E-state index contributed by atoms with van der Waals surface area (Å²) in [5, 5.41) is 7.50. The van der Waals surface area contributed by atoms with Gasteiger partial charge in [-0.05, 0) is 73.5 Å². The third-order valence-electron chi connectivity index (χ3n) is 5.11. The molecule has 3 aromatic carbocycles. The number of halogens is 2. The molecule has 1 amide bonds. The highest BCUT2D eigenvalue weighted by molar-refractivity contribution is 5.90. The number of anilines is 1. The summed E-state index contributed by atoms with van der Waals surface area (Å²) in [5.74, 6) is 0.0265. The van der Waals surface area contributed by atoms with Crippen molar-refractivity contribution in [1.82, 2.24) is 9.78 Å². The Bertz CT molecular complexity index is 1220. The summed E-state index contributed by atoms with van der Waals surface area (Å²) in [4.78, 5) is 12.5. The number of para-hydroxylation sites is 1. The minimum absolute atomic E-state index is 0.185. The molecule has 0 saturated heterocycles. The smallest absolute Gasteiger partial charge is 0.226 e. The van der Waals surface area contributed by atoms with Gasteiger partial charge in [0.2, 0.25) is 11.8 Å². The molecule has 33 heavy (non-hydrogen) atoms. The molecule has 4 aromatic rings. The molecular weight excluding hydrogens is 424 g/mol. The lowest BCUT2D eigenvalue weighted by molar-refractivity contribution is -0.116. The van der Waals surface area contributed by atoms with Crippen LogP contribution in [0.2, 0.25) is 0 Å². The summed E-state index contributed by atoms with van der Waals surface area (Å²) in [6, 6.07) is 20.9. The number of benzene rings is 3. The highest BCUT2D eigenvalue weighted by atomic mass is 19.1. The topological polar surface area (TPSA) is 56.2 Å². The van der Waals surface area contributed by atoms with E-state index in [1.54, 1.807) is 16.8 Å². The van der Waals surface area contributed by atoms with Gasteiger partial charge >= 0.3 is 0 Å². The minimum Gasteiger partial charge on any atom is -0.439 e. The van der Waals surface area contributed by atoms with E-state index in [1.165, 1.54) is 36.4 Å². The average Bonchev–Trinajstić information content (AvgIpc) is 3.18. The van der Waals surface area contributed by atoms with E-state index in [0.29, 0.717) is 30.2 Å². The van der Waals surface area contributed by atoms with E-state index in [9.17, 15) is 13.6 Å². The quantitative estimate of drug-likeness (QED) is 0.356. The van der Waals surface area contributed by atoms with Crippen LogP contribution >= 0.6 is 0 Å². The van der Waals surface area contributed by atoms with Crippen molar-refractivity contribution in [2.75, 3.05) is 5.32 Å². The summed E-state index contributed by atoms with van der Waals surface area (Å²) in [6.45, 7) is 1.99. The Labute approximate surface area is 190 Å². The second-order valence-corrected chi connectivity index (χ2v) is 7.44. The highest BCUT2D eigenvalue weighted by Crippen LogP contribution is 2.32. The van der Waals surface area contributed by atoms with Crippen molar-refractivity contribution in [1.29, 1.82) is 0 Å². The Morgan fingerprint density at radius 2 is 1.58 bits per heavy atom. The molecule has 0 radical (unpaired) electrons. The first-order valence-corrected chi connectivity index (χ1v) is 10.7. The molecule has 7 heteroatoms. The van der Waals surface area contributed by atoms with E-state index in [1.807, 2.05) is 37.3 Å². The SMILES string of the molecule is CCc1nn(-c2ccccc2)c(Oc2ccc(F)cc2)c1CCC(=O)Nc1ccc(F)cc1. The zero-order valence-corrected chi connectivity index (χ0v) is 18.1. The third kappa shape index (κ3) is 5.44. The van der Waals surface area contributed by atoms with Crippen molar-refractivity contribution < 1.29 is 18.3 Å². The van der Waals surface area contributed by atoms with Crippen LogP contribution in [0.1, 0.15) is 24.6 Å². The maximum Gasteiger partial charge on any atom is 0.226 e. The molecule has 168 valence electrons. The summed E-state index contributed by atoms with van der Waals surface area (Å²) in [7, 11) is 0. The van der Waals surface area contributed by atoms with Crippen molar-refractivity contribution in [3.8, 4) is 17.3 Å². The number of nitrogens with one attached hydrogen (secondary N) is 1. The molecule has 1 N–H and O–H groups in total. The van der Waals surface area contributed by atoms with Crippen LogP contribution in [-0.4, -0.2) is 15.7 Å². The largest absolute Gasteiger partial charge is 0.439 e. The monoisotopic (exact) mass is 447 g/mol. The Hall–Kier alpha value is -4.00. The molecule has 0 aliphatic rings. The fourth-order valence-electron chi connectivity index (χ4n) is 3.47. The van der Waals surface area contributed by atoms with Crippen molar-refractivity contribution in [2.24, 2.45) is 0 Å². The van der Waals surface area contributed by atoms with E-state index in [4.69, 9.17) is 9.84 Å². The maximum atomic E-state index is 13.4. The standard InChI is InChI=1S/C26H23F2N3O2/c1-2-24-23(16-17-25(32)29-20-12-8-18(27)9-13-20)26(33-22-14-10-19(28)11-15-22)31(30-24)21-6-4-3-5-7-21/h3-15H,2,16-17H2,1H3,(H,29,32). The number of aryl methyl sites for hydroxylation is 1. The third-order valence-corrected chi connectivity index (χ3v) is 5.11. The maximum absolute atomic E-state index is 13.4. The number of amides is 1. The molecule has 1 aromatic heterocycles. The molecule has 1 heterocycles. The second-order valence-electron chi connectivity index (χ2n) is 7.44. The first-order chi connectivity index (χ1) is 16.0. The van der Waals surface area contributed by atoms with Crippen molar-refractivity contribution in [2.45, 2.75) is 26.2 Å². The van der Waals surface area contributed by atoms with Gasteiger partial charge in [0.05, 0.1) is 11.4 Å². The van der Waals surface area contributed by atoms with Crippen LogP contribution in [0, 0.1) is 11.6 Å². The lowest BCUT2D eigenvalue weighted by Crippen LogP contribution is -2.12. The van der Waals surface area contributed by atoms with Gasteiger partial charge in [-0.15, -0.1) is 0 Å². The van der Waals surface area contributed by atoms with E-state index in [-0.39, 0.29) is 24.0 Å². The van der Waals surface area contributed by atoms with Crippen LogP contribution in [0.3, 0.4) is 0 Å². The fraction of sp³-hybridized carbons (Fsp3) is 0.154. The molecular formula is C26H23F2N3O2. The first-order valence-electron chi connectivity index (χ1n) is 10.7. The van der Waals surface area contributed by atoms with Gasteiger partial charge in [0.1, 0.15) is 17.4 Å². The summed E-state index contributed by atoms with van der Waals surface area (Å²) < 4.78 is 34.3. The predicted octanol–water partition coefficient (Wildman–Crippen LogP) is 6.08. The highest BCUT2D eigenvalue weighted by Gasteiger charge is 2.21. The molecule has 4 rings (SSSR count). The van der Waals surface area contributed by atoms with E-state index in [2.05, 4.69) is 5.32 Å². The minimum atomic E-state index is -0.364. The number of carbonyl (C=O) groups is 1. The Morgan fingerprint density at radius 3 is 2.21 bits per heavy atom. The summed E-state index contributed by atoms with van der Waals surface area (Å²) in [5.41, 5.74) is 2.96. The van der Waals surface area contributed by atoms with Gasteiger partial charge in [0.25, 0.3) is 0 Å². The number of hydrogen-bond donors (Lipinski definition) is 1. The number of hydrogen-bond acceptors (Lipinski definition) is 3. The number of carbonyl (C=O) groups excluding carboxylic acids is 1. The molecule has 0 unspecified atom stereocenters. The molecule has 0 saturated carbocycles. The molecule has 0 bridgehead atoms. The summed E-state index contributed by atoms with van der Waals surface area (Å²) >= 11 is 0. The van der Waals surface area contributed by atoms with Gasteiger partial charge in [0.15, 0.2) is 0 Å². The molecule has 0 atom stereocenters. The lowest BCUT2D eigenvalue weighted by Gasteiger charge is -2.12. The van der Waals surface area contributed by atoms with Crippen LogP contribution < -0.4 is 10.1 Å². The van der Waals surface area contributed by atoms with Gasteiger partial charge < -0.3 is 10.1 Å². The average molecular weight is 447 g/mol. The van der Waals surface area contributed by atoms with E-state index in [0.717, 1.165) is 16.9 Å². The van der Waals surface area contributed by atoms with E-state index >= 15 is 0 Å². The zero-order chi connectivity index (χ0) is 23.2. The number of aromatic nitrogens is 2. The molecule has 0 aliphatic heterocycles. The lowest BCUT2D eigenvalue weighted by atomic mass is 10.1.